The second kappa shape index (κ2) is 6.25. The lowest BCUT2D eigenvalue weighted by Crippen LogP contribution is -2.49. The van der Waals surface area contributed by atoms with Crippen molar-refractivity contribution in [3.05, 3.63) is 0 Å². The molecule has 0 rings (SSSR count). The van der Waals surface area contributed by atoms with Crippen LogP contribution in [0.4, 0.5) is 4.79 Å². The zero-order valence-electron chi connectivity index (χ0n) is 9.74. The molecule has 0 aromatic rings. The molecule has 0 radical (unpaired) electrons. The van der Waals surface area contributed by atoms with Crippen molar-refractivity contribution in [1.29, 1.82) is 0 Å². The van der Waals surface area contributed by atoms with E-state index >= 15 is 0 Å². The minimum Gasteiger partial charge on any atom is -0.449 e. The van der Waals surface area contributed by atoms with Gasteiger partial charge in [0.15, 0.2) is 5.84 Å². The van der Waals surface area contributed by atoms with E-state index < -0.39 is 22.3 Å². The quantitative estimate of drug-likeness (QED) is 0.254. The highest BCUT2D eigenvalue weighted by atomic mass is 32.2. The lowest BCUT2D eigenvalue weighted by Gasteiger charge is -2.22. The predicted octanol–water partition coefficient (Wildman–Crippen LogP) is -0.956. The molecule has 0 aliphatic rings. The van der Waals surface area contributed by atoms with E-state index in [-0.39, 0.29) is 12.4 Å². The van der Waals surface area contributed by atoms with E-state index in [1.807, 2.05) is 0 Å². The Kier molecular flexibility index (Phi) is 5.68. The number of nitrogens with zero attached hydrogens (tertiary/aromatic N) is 2. The normalized spacial score (nSPS) is 14.5. The van der Waals surface area contributed by atoms with Gasteiger partial charge in [-0.15, -0.1) is 0 Å². The number of carbonyl (C=O) groups is 1. The van der Waals surface area contributed by atoms with Crippen molar-refractivity contribution >= 4 is 22.1 Å². The summed E-state index contributed by atoms with van der Waals surface area (Å²) in [7, 11) is -2.93. The molecule has 0 bridgehead atoms. The van der Waals surface area contributed by atoms with Crippen molar-refractivity contribution in [3.63, 3.8) is 0 Å². The third kappa shape index (κ3) is 4.44. The Balaban J connectivity index is 4.77. The van der Waals surface area contributed by atoms with Gasteiger partial charge in [-0.1, -0.05) is 5.16 Å². The monoisotopic (exact) mass is 268 g/mol. The van der Waals surface area contributed by atoms with E-state index in [1.165, 1.54) is 20.9 Å². The number of nitrogens with two attached hydrogens (primary N) is 1. The molecule has 17 heavy (non-hydrogen) atoms. The minimum absolute atomic E-state index is 0.0425. The first kappa shape index (κ1) is 15.4. The Morgan fingerprint density at radius 1 is 1.65 bits per heavy atom. The van der Waals surface area contributed by atoms with Crippen molar-refractivity contribution in [2.45, 2.75) is 19.9 Å². The fraction of sp³-hybridized carbons (Fsp3) is 0.714. The number of amides is 1. The minimum atomic E-state index is -4.10. The molecule has 0 saturated heterocycles. The topological polar surface area (TPSA) is 134 Å². The molecule has 9 nitrogen and oxygen atoms in total. The fourth-order valence-corrected chi connectivity index (χ4v) is 1.75. The van der Waals surface area contributed by atoms with Crippen LogP contribution in [-0.2, 0) is 14.9 Å². The van der Waals surface area contributed by atoms with Gasteiger partial charge in [-0.25, -0.2) is 9.52 Å². The van der Waals surface area contributed by atoms with Gasteiger partial charge in [0.2, 0.25) is 0 Å². The van der Waals surface area contributed by atoms with Crippen LogP contribution in [-0.4, -0.2) is 49.6 Å². The Morgan fingerprint density at radius 3 is 2.59 bits per heavy atom. The van der Waals surface area contributed by atoms with Gasteiger partial charge in [0, 0.05) is 7.05 Å². The molecule has 1 atom stereocenters. The molecule has 0 heterocycles. The predicted molar refractivity (Wildman–Crippen MR) is 59.7 cm³/mol. The van der Waals surface area contributed by atoms with E-state index in [0.29, 0.717) is 0 Å². The van der Waals surface area contributed by atoms with Crippen molar-refractivity contribution in [1.82, 2.24) is 9.03 Å². The molecule has 0 fully saturated rings. The highest BCUT2D eigenvalue weighted by molar-refractivity contribution is 7.87. The number of nitrogens with one attached hydrogen (secondary N) is 1. The number of carbonyl (C=O) groups excluding carboxylic acids is 1. The number of hydrogen-bond acceptors (Lipinski definition) is 6. The van der Waals surface area contributed by atoms with Crippen LogP contribution in [0.15, 0.2) is 5.16 Å². The summed E-state index contributed by atoms with van der Waals surface area (Å²) in [4.78, 5) is 11.0. The van der Waals surface area contributed by atoms with Crippen molar-refractivity contribution < 1.29 is 23.2 Å². The second-order valence-corrected chi connectivity index (χ2v) is 4.77. The van der Waals surface area contributed by atoms with Gasteiger partial charge in [0.1, 0.15) is 0 Å². The van der Waals surface area contributed by atoms with Crippen LogP contribution in [0, 0.1) is 0 Å². The summed E-state index contributed by atoms with van der Waals surface area (Å²) in [5.74, 6) is -0.304. The average Bonchev–Trinajstić information content (AvgIpc) is 2.25. The Bertz CT molecular complexity index is 393. The number of amidine groups is 1. The molecule has 1 amide bonds. The second-order valence-electron chi connectivity index (χ2n) is 3.04. The summed E-state index contributed by atoms with van der Waals surface area (Å²) >= 11 is 0. The third-order valence-electron chi connectivity index (χ3n) is 1.96. The molecule has 4 N–H and O–H groups in total. The smallest absolute Gasteiger partial charge is 0.421 e. The maximum atomic E-state index is 11.6. The highest BCUT2D eigenvalue weighted by Crippen LogP contribution is 2.02. The Morgan fingerprint density at radius 2 is 2.18 bits per heavy atom. The van der Waals surface area contributed by atoms with Crippen LogP contribution in [0.2, 0.25) is 0 Å². The largest absolute Gasteiger partial charge is 0.449 e. The summed E-state index contributed by atoms with van der Waals surface area (Å²) in [6, 6.07) is -0.910. The fourth-order valence-electron chi connectivity index (χ4n) is 0.816. The van der Waals surface area contributed by atoms with Crippen LogP contribution in [0.25, 0.3) is 0 Å². The van der Waals surface area contributed by atoms with Crippen molar-refractivity contribution in [2.24, 2.45) is 10.9 Å². The van der Waals surface area contributed by atoms with Crippen LogP contribution < -0.4 is 10.5 Å². The van der Waals surface area contributed by atoms with Crippen molar-refractivity contribution in [3.8, 4) is 0 Å². The summed E-state index contributed by atoms with van der Waals surface area (Å²) < 4.78 is 30.0. The first-order valence-electron chi connectivity index (χ1n) is 4.66. The van der Waals surface area contributed by atoms with E-state index in [4.69, 9.17) is 10.9 Å². The first-order valence-corrected chi connectivity index (χ1v) is 6.10. The molecule has 10 heteroatoms. The average molecular weight is 268 g/mol. The Labute approximate surface area is 99.4 Å². The Hall–Kier alpha value is -1.55. The molecular formula is C7H16N4O5S. The molecule has 1 unspecified atom stereocenters. The van der Waals surface area contributed by atoms with Crippen LogP contribution in [0.1, 0.15) is 13.8 Å². The number of rotatable bonds is 5. The van der Waals surface area contributed by atoms with Gasteiger partial charge in [-0.2, -0.15) is 12.7 Å². The van der Waals surface area contributed by atoms with E-state index in [9.17, 15) is 13.2 Å². The number of ether oxygens (including phenoxy) is 1. The van der Waals surface area contributed by atoms with Gasteiger partial charge in [-0.3, -0.25) is 0 Å². The third-order valence-corrected chi connectivity index (χ3v) is 3.45. The first-order chi connectivity index (χ1) is 7.76. The van der Waals surface area contributed by atoms with Gasteiger partial charge in [0.25, 0.3) is 0 Å². The molecular weight excluding hydrogens is 252 g/mol. The number of oxime groups is 1. The van der Waals surface area contributed by atoms with Gasteiger partial charge in [-0.05, 0) is 13.8 Å². The van der Waals surface area contributed by atoms with Crippen molar-refractivity contribution in [2.75, 3.05) is 13.7 Å². The molecule has 0 aliphatic heterocycles. The lowest BCUT2D eigenvalue weighted by atomic mass is 10.3. The summed E-state index contributed by atoms with van der Waals surface area (Å²) in [5, 5.41) is 11.1. The highest BCUT2D eigenvalue weighted by Gasteiger charge is 2.27. The maximum Gasteiger partial charge on any atom is 0.421 e. The van der Waals surface area contributed by atoms with Crippen LogP contribution in [0.5, 0.6) is 0 Å². The SMILES string of the molecule is CCOC(=O)NS(=O)(=O)N(C)C(C)C(N)=NO. The lowest BCUT2D eigenvalue weighted by molar-refractivity contribution is 0.158. The maximum absolute atomic E-state index is 11.6. The van der Waals surface area contributed by atoms with Crippen LogP contribution in [0.3, 0.4) is 0 Å². The van der Waals surface area contributed by atoms with E-state index in [0.717, 1.165) is 4.31 Å². The number of likely N-dealkylation sites (N-methyl/N-ethyl adjacent to an activating group) is 1. The van der Waals surface area contributed by atoms with Gasteiger partial charge in [0.05, 0.1) is 12.6 Å². The molecule has 0 spiro atoms. The van der Waals surface area contributed by atoms with Gasteiger partial charge < -0.3 is 15.7 Å². The summed E-state index contributed by atoms with van der Waals surface area (Å²) in [5.41, 5.74) is 5.25. The van der Waals surface area contributed by atoms with E-state index in [1.54, 1.807) is 4.72 Å². The molecule has 0 saturated carbocycles. The standard InChI is InChI=1S/C7H16N4O5S/c1-4-16-7(12)10-17(14,15)11(3)5(2)6(8)9-13/h5,13H,4H2,1-3H3,(H2,8,9)(H,10,12). The summed E-state index contributed by atoms with van der Waals surface area (Å²) in [6.45, 7) is 2.97. The zero-order valence-corrected chi connectivity index (χ0v) is 10.6. The van der Waals surface area contributed by atoms with Crippen LogP contribution >= 0.6 is 0 Å². The molecule has 0 aliphatic carbocycles. The molecule has 100 valence electrons. The molecule has 0 aromatic heterocycles. The zero-order chi connectivity index (χ0) is 13.6. The van der Waals surface area contributed by atoms with Gasteiger partial charge >= 0.3 is 16.3 Å². The molecule has 0 aromatic carbocycles. The number of hydrogen-bond donors (Lipinski definition) is 3. The summed E-state index contributed by atoms with van der Waals surface area (Å²) in [6.07, 6.45) is -1.09. The van der Waals surface area contributed by atoms with E-state index in [2.05, 4.69) is 9.89 Å².